The predicted molar refractivity (Wildman–Crippen MR) is 106 cm³/mol. The summed E-state index contributed by atoms with van der Waals surface area (Å²) in [6.45, 7) is 4.67. The second kappa shape index (κ2) is 7.56. The van der Waals surface area contributed by atoms with E-state index in [-0.39, 0.29) is 0 Å². The van der Waals surface area contributed by atoms with E-state index >= 15 is 0 Å². The van der Waals surface area contributed by atoms with Crippen molar-refractivity contribution in [1.29, 1.82) is 0 Å². The van der Waals surface area contributed by atoms with Crippen molar-refractivity contribution in [1.82, 2.24) is 19.9 Å². The standard InChI is InChI=1S/C21H26N4O2/c1-14-5-4-9-25(14)10-8-17-12-16-11-15(6-7-19(16)23-17)18-13-22-21(27-3)24-20(18)26-2/h6-7,11-14,23H,4-5,8-10H2,1-3H3. The maximum absolute atomic E-state index is 5.42. The van der Waals surface area contributed by atoms with Gasteiger partial charge in [0, 0.05) is 41.8 Å². The Labute approximate surface area is 159 Å². The lowest BCUT2D eigenvalue weighted by Gasteiger charge is -2.20. The Bertz CT molecular complexity index is 937. The van der Waals surface area contributed by atoms with Crippen molar-refractivity contribution in [3.05, 3.63) is 36.2 Å². The lowest BCUT2D eigenvalue weighted by molar-refractivity contribution is 0.271. The molecule has 1 N–H and O–H groups in total. The molecule has 3 heterocycles. The molecular weight excluding hydrogens is 340 g/mol. The lowest BCUT2D eigenvalue weighted by atomic mass is 10.1. The fourth-order valence-electron chi connectivity index (χ4n) is 3.89. The Kier molecular flexibility index (Phi) is 4.99. The van der Waals surface area contributed by atoms with Crippen molar-refractivity contribution in [2.75, 3.05) is 27.3 Å². The number of fused-ring (bicyclic) bond motifs is 1. The topological polar surface area (TPSA) is 63.3 Å². The Balaban J connectivity index is 1.57. The second-order valence-corrected chi connectivity index (χ2v) is 7.15. The molecule has 0 bridgehead atoms. The molecule has 1 saturated heterocycles. The molecule has 4 rings (SSSR count). The SMILES string of the molecule is COc1ncc(-c2ccc3[nH]c(CCN4CCCC4C)cc3c2)c(OC)n1. The number of nitrogens with one attached hydrogen (secondary N) is 1. The second-order valence-electron chi connectivity index (χ2n) is 7.15. The first-order valence-corrected chi connectivity index (χ1v) is 9.49. The van der Waals surface area contributed by atoms with Gasteiger partial charge in [-0.1, -0.05) is 6.07 Å². The summed E-state index contributed by atoms with van der Waals surface area (Å²) in [5.41, 5.74) is 4.31. The highest BCUT2D eigenvalue weighted by Crippen LogP contribution is 2.31. The average molecular weight is 366 g/mol. The number of hydrogen-bond donors (Lipinski definition) is 1. The van der Waals surface area contributed by atoms with E-state index in [0.29, 0.717) is 17.9 Å². The van der Waals surface area contributed by atoms with Crippen molar-refractivity contribution in [2.45, 2.75) is 32.2 Å². The van der Waals surface area contributed by atoms with Crippen LogP contribution >= 0.6 is 0 Å². The smallest absolute Gasteiger partial charge is 0.319 e. The Morgan fingerprint density at radius 2 is 2.11 bits per heavy atom. The van der Waals surface area contributed by atoms with Crippen molar-refractivity contribution in [3.63, 3.8) is 0 Å². The number of nitrogens with zero attached hydrogens (tertiary/aromatic N) is 3. The highest BCUT2D eigenvalue weighted by Gasteiger charge is 2.19. The van der Waals surface area contributed by atoms with E-state index < -0.39 is 0 Å². The van der Waals surface area contributed by atoms with E-state index in [4.69, 9.17) is 9.47 Å². The minimum absolute atomic E-state index is 0.303. The van der Waals surface area contributed by atoms with Gasteiger partial charge in [0.05, 0.1) is 19.8 Å². The summed E-state index contributed by atoms with van der Waals surface area (Å²) in [7, 11) is 3.16. The number of hydrogen-bond acceptors (Lipinski definition) is 5. The average Bonchev–Trinajstić information content (AvgIpc) is 3.30. The van der Waals surface area contributed by atoms with Crippen LogP contribution in [0.25, 0.3) is 22.0 Å². The number of likely N-dealkylation sites (tertiary alicyclic amines) is 1. The number of aromatic amines is 1. The third-order valence-electron chi connectivity index (χ3n) is 5.45. The molecule has 3 aromatic rings. The monoisotopic (exact) mass is 366 g/mol. The zero-order valence-electron chi connectivity index (χ0n) is 16.2. The molecule has 142 valence electrons. The summed E-state index contributed by atoms with van der Waals surface area (Å²) in [6.07, 6.45) is 5.43. The van der Waals surface area contributed by atoms with Gasteiger partial charge in [-0.25, -0.2) is 4.98 Å². The summed E-state index contributed by atoms with van der Waals surface area (Å²) in [6, 6.07) is 9.59. The molecule has 2 aromatic heterocycles. The Morgan fingerprint density at radius 1 is 1.22 bits per heavy atom. The van der Waals surface area contributed by atoms with Crippen LogP contribution in [0, 0.1) is 0 Å². The molecule has 0 aliphatic carbocycles. The molecule has 6 nitrogen and oxygen atoms in total. The van der Waals surface area contributed by atoms with E-state index in [1.165, 1.54) is 30.5 Å². The van der Waals surface area contributed by atoms with Gasteiger partial charge in [0.15, 0.2) is 0 Å². The molecule has 1 aliphatic heterocycles. The largest absolute Gasteiger partial charge is 0.480 e. The van der Waals surface area contributed by atoms with Gasteiger partial charge in [-0.15, -0.1) is 0 Å². The van der Waals surface area contributed by atoms with Crippen molar-refractivity contribution < 1.29 is 9.47 Å². The molecule has 0 saturated carbocycles. The van der Waals surface area contributed by atoms with Gasteiger partial charge in [-0.2, -0.15) is 4.98 Å². The predicted octanol–water partition coefficient (Wildman–Crippen LogP) is 3.67. The van der Waals surface area contributed by atoms with Crippen molar-refractivity contribution >= 4 is 10.9 Å². The van der Waals surface area contributed by atoms with Gasteiger partial charge in [0.2, 0.25) is 5.88 Å². The van der Waals surface area contributed by atoms with E-state index in [0.717, 1.165) is 29.6 Å². The van der Waals surface area contributed by atoms with Crippen LogP contribution in [0.5, 0.6) is 11.9 Å². The summed E-state index contributed by atoms with van der Waals surface area (Å²) in [4.78, 5) is 14.6. The first kappa shape index (κ1) is 17.8. The number of aromatic nitrogens is 3. The first-order valence-electron chi connectivity index (χ1n) is 9.49. The number of methoxy groups -OCH3 is 2. The molecule has 0 amide bonds. The van der Waals surface area contributed by atoms with Gasteiger partial charge in [-0.05, 0) is 50.1 Å². The molecule has 1 aromatic carbocycles. The number of H-pyrrole nitrogens is 1. The van der Waals surface area contributed by atoms with E-state index in [1.807, 2.05) is 0 Å². The highest BCUT2D eigenvalue weighted by atomic mass is 16.5. The maximum atomic E-state index is 5.42. The van der Waals surface area contributed by atoms with Gasteiger partial charge in [-0.3, -0.25) is 0 Å². The van der Waals surface area contributed by atoms with Crippen LogP contribution < -0.4 is 9.47 Å². The molecule has 1 fully saturated rings. The van der Waals surface area contributed by atoms with Gasteiger partial charge < -0.3 is 19.4 Å². The van der Waals surface area contributed by atoms with E-state index in [9.17, 15) is 0 Å². The van der Waals surface area contributed by atoms with Crippen LogP contribution in [0.4, 0.5) is 0 Å². The number of benzene rings is 1. The summed E-state index contributed by atoms with van der Waals surface area (Å²) >= 11 is 0. The van der Waals surface area contributed by atoms with Gasteiger partial charge >= 0.3 is 6.01 Å². The number of ether oxygens (including phenoxy) is 2. The Morgan fingerprint density at radius 3 is 2.85 bits per heavy atom. The van der Waals surface area contributed by atoms with E-state index in [2.05, 4.69) is 51.0 Å². The minimum atomic E-state index is 0.303. The fraction of sp³-hybridized carbons (Fsp3) is 0.429. The zero-order valence-corrected chi connectivity index (χ0v) is 16.2. The molecule has 0 spiro atoms. The molecule has 1 unspecified atom stereocenters. The van der Waals surface area contributed by atoms with Crippen LogP contribution in [-0.2, 0) is 6.42 Å². The molecular formula is C21H26N4O2. The van der Waals surface area contributed by atoms with Gasteiger partial charge in [0.1, 0.15) is 0 Å². The first-order chi connectivity index (χ1) is 13.2. The third kappa shape index (κ3) is 3.62. The highest BCUT2D eigenvalue weighted by molar-refractivity contribution is 5.86. The summed E-state index contributed by atoms with van der Waals surface area (Å²) < 4.78 is 10.5. The van der Waals surface area contributed by atoms with Crippen LogP contribution in [0.1, 0.15) is 25.5 Å². The normalized spacial score (nSPS) is 17.5. The lowest BCUT2D eigenvalue weighted by Crippen LogP contribution is -2.29. The molecule has 6 heteroatoms. The van der Waals surface area contributed by atoms with Gasteiger partial charge in [0.25, 0.3) is 0 Å². The minimum Gasteiger partial charge on any atom is -0.480 e. The molecule has 0 radical (unpaired) electrons. The fourth-order valence-corrected chi connectivity index (χ4v) is 3.89. The Hall–Kier alpha value is -2.60. The number of rotatable bonds is 6. The van der Waals surface area contributed by atoms with Crippen LogP contribution in [0.15, 0.2) is 30.5 Å². The van der Waals surface area contributed by atoms with Crippen LogP contribution in [-0.4, -0.2) is 53.2 Å². The summed E-state index contributed by atoms with van der Waals surface area (Å²) in [5.74, 6) is 0.514. The molecule has 1 aliphatic rings. The molecule has 27 heavy (non-hydrogen) atoms. The summed E-state index contributed by atoms with van der Waals surface area (Å²) in [5, 5.41) is 1.19. The third-order valence-corrected chi connectivity index (χ3v) is 5.45. The van der Waals surface area contributed by atoms with E-state index in [1.54, 1.807) is 20.4 Å². The quantitative estimate of drug-likeness (QED) is 0.721. The van der Waals surface area contributed by atoms with Crippen molar-refractivity contribution in [2.24, 2.45) is 0 Å². The van der Waals surface area contributed by atoms with Crippen LogP contribution in [0.2, 0.25) is 0 Å². The zero-order chi connectivity index (χ0) is 18.8. The maximum Gasteiger partial charge on any atom is 0.319 e. The van der Waals surface area contributed by atoms with Crippen LogP contribution in [0.3, 0.4) is 0 Å². The van der Waals surface area contributed by atoms with Crippen molar-refractivity contribution in [3.8, 4) is 23.0 Å². The molecule has 1 atom stereocenters.